The number of carbonyl (C=O) groups is 3. The molecule has 1 aliphatic rings. The second kappa shape index (κ2) is 7.71. The van der Waals surface area contributed by atoms with Crippen molar-refractivity contribution in [3.63, 3.8) is 0 Å². The van der Waals surface area contributed by atoms with Crippen LogP contribution in [0.3, 0.4) is 0 Å². The average molecular weight is 392 g/mol. The predicted octanol–water partition coefficient (Wildman–Crippen LogP) is 3.11. The van der Waals surface area contributed by atoms with E-state index in [1.54, 1.807) is 18.2 Å². The van der Waals surface area contributed by atoms with Gasteiger partial charge in [0.25, 0.3) is 0 Å². The van der Waals surface area contributed by atoms with Crippen LogP contribution in [0.25, 0.3) is 0 Å². The average Bonchev–Trinajstić information content (AvgIpc) is 2.98. The molecular formula is C19H15F3N2O4. The number of benzene rings is 2. The second-order valence-electron chi connectivity index (χ2n) is 6.07. The molecule has 0 radical (unpaired) electrons. The molecule has 0 bridgehead atoms. The van der Waals surface area contributed by atoms with E-state index >= 15 is 0 Å². The summed E-state index contributed by atoms with van der Waals surface area (Å²) in [5.74, 6) is -1.11. The van der Waals surface area contributed by atoms with Gasteiger partial charge in [-0.2, -0.15) is 13.2 Å². The van der Waals surface area contributed by atoms with E-state index in [4.69, 9.17) is 4.74 Å². The molecule has 1 N–H and O–H groups in total. The molecule has 6 nitrogen and oxygen atoms in total. The Kier molecular flexibility index (Phi) is 5.34. The number of alkyl halides is 3. The molecule has 3 rings (SSSR count). The van der Waals surface area contributed by atoms with Gasteiger partial charge < -0.3 is 10.1 Å². The van der Waals surface area contributed by atoms with E-state index in [-0.39, 0.29) is 25.3 Å². The molecule has 0 atom stereocenters. The first-order valence-corrected chi connectivity index (χ1v) is 8.25. The maximum Gasteiger partial charge on any atom is 0.416 e. The highest BCUT2D eigenvalue weighted by molar-refractivity contribution is 6.02. The lowest BCUT2D eigenvalue weighted by atomic mass is 10.1. The minimum atomic E-state index is -4.44. The normalized spacial score (nSPS) is 14.2. The van der Waals surface area contributed by atoms with E-state index in [0.29, 0.717) is 11.1 Å². The van der Waals surface area contributed by atoms with Gasteiger partial charge in [-0.3, -0.25) is 9.69 Å². The van der Waals surface area contributed by atoms with E-state index < -0.39 is 29.6 Å². The van der Waals surface area contributed by atoms with Gasteiger partial charge in [0.05, 0.1) is 24.2 Å². The molecule has 146 valence electrons. The van der Waals surface area contributed by atoms with Crippen LogP contribution in [0, 0.1) is 0 Å². The van der Waals surface area contributed by atoms with Gasteiger partial charge in [0, 0.05) is 0 Å². The van der Waals surface area contributed by atoms with Crippen LogP contribution in [0.4, 0.5) is 18.0 Å². The summed E-state index contributed by atoms with van der Waals surface area (Å²) >= 11 is 0. The Bertz CT molecular complexity index is 894. The minimum absolute atomic E-state index is 0.0871. The first-order chi connectivity index (χ1) is 13.3. The summed E-state index contributed by atoms with van der Waals surface area (Å²) in [4.78, 5) is 36.8. The lowest BCUT2D eigenvalue weighted by molar-refractivity contribution is -0.137. The number of urea groups is 1. The van der Waals surface area contributed by atoms with Gasteiger partial charge >= 0.3 is 18.2 Å². The standard InChI is InChI=1S/C19H15F3N2O4/c20-19(21,22)14-7-5-12(6-8-14)11-28-17(26)15-4-2-1-3-13(15)10-24-16(25)9-23-18(24)27/h1-8H,9-11H2,(H,23,27). The second-order valence-corrected chi connectivity index (χ2v) is 6.07. The van der Waals surface area contributed by atoms with Gasteiger partial charge in [0.15, 0.2) is 0 Å². The number of hydrogen-bond acceptors (Lipinski definition) is 4. The van der Waals surface area contributed by atoms with Crippen molar-refractivity contribution < 1.29 is 32.3 Å². The van der Waals surface area contributed by atoms with Gasteiger partial charge in [0.1, 0.15) is 6.61 Å². The van der Waals surface area contributed by atoms with Crippen molar-refractivity contribution in [1.29, 1.82) is 0 Å². The first kappa shape index (κ1) is 19.4. The molecule has 0 aromatic heterocycles. The third-order valence-corrected chi connectivity index (χ3v) is 4.15. The molecule has 3 amide bonds. The van der Waals surface area contributed by atoms with Crippen LogP contribution in [0.15, 0.2) is 48.5 Å². The maximum absolute atomic E-state index is 12.6. The van der Waals surface area contributed by atoms with Crippen LogP contribution < -0.4 is 5.32 Å². The molecule has 0 spiro atoms. The molecule has 9 heteroatoms. The third kappa shape index (κ3) is 4.30. The summed E-state index contributed by atoms with van der Waals surface area (Å²) in [6, 6.07) is 10.1. The van der Waals surface area contributed by atoms with E-state index in [1.165, 1.54) is 18.2 Å². The number of carbonyl (C=O) groups excluding carboxylic acids is 3. The van der Waals surface area contributed by atoms with Crippen molar-refractivity contribution in [3.8, 4) is 0 Å². The molecule has 0 aliphatic carbocycles. The molecule has 0 unspecified atom stereocenters. The van der Waals surface area contributed by atoms with E-state index in [2.05, 4.69) is 5.32 Å². The number of ether oxygens (including phenoxy) is 1. The van der Waals surface area contributed by atoms with Crippen molar-refractivity contribution in [2.45, 2.75) is 19.3 Å². The van der Waals surface area contributed by atoms with Crippen LogP contribution >= 0.6 is 0 Å². The van der Waals surface area contributed by atoms with Gasteiger partial charge in [-0.15, -0.1) is 0 Å². The molecule has 2 aromatic rings. The summed E-state index contributed by atoms with van der Waals surface area (Å²) in [6.45, 7) is -0.399. The molecule has 0 saturated carbocycles. The van der Waals surface area contributed by atoms with Crippen LogP contribution in [0.5, 0.6) is 0 Å². The van der Waals surface area contributed by atoms with Gasteiger partial charge in [-0.1, -0.05) is 30.3 Å². The van der Waals surface area contributed by atoms with Gasteiger partial charge in [-0.25, -0.2) is 9.59 Å². The Labute approximate surface area is 157 Å². The monoisotopic (exact) mass is 392 g/mol. The zero-order chi connectivity index (χ0) is 20.3. The molecule has 2 aromatic carbocycles. The van der Waals surface area contributed by atoms with Crippen molar-refractivity contribution in [2.75, 3.05) is 6.54 Å². The van der Waals surface area contributed by atoms with Crippen molar-refractivity contribution >= 4 is 17.9 Å². The zero-order valence-electron chi connectivity index (χ0n) is 14.5. The van der Waals surface area contributed by atoms with Crippen LogP contribution in [-0.2, 0) is 28.9 Å². The smallest absolute Gasteiger partial charge is 0.416 e. The van der Waals surface area contributed by atoms with Crippen LogP contribution in [-0.4, -0.2) is 29.4 Å². The zero-order valence-corrected chi connectivity index (χ0v) is 14.5. The maximum atomic E-state index is 12.6. The number of halogens is 3. The fraction of sp³-hybridized carbons (Fsp3) is 0.211. The molecule has 1 aliphatic heterocycles. The number of esters is 1. The predicted molar refractivity (Wildman–Crippen MR) is 91.0 cm³/mol. The Morgan fingerprint density at radius 3 is 2.36 bits per heavy atom. The Morgan fingerprint density at radius 2 is 1.75 bits per heavy atom. The first-order valence-electron chi connectivity index (χ1n) is 8.25. The van der Waals surface area contributed by atoms with Gasteiger partial charge in [-0.05, 0) is 29.3 Å². The van der Waals surface area contributed by atoms with Crippen molar-refractivity contribution in [2.24, 2.45) is 0 Å². The summed E-state index contributed by atoms with van der Waals surface area (Å²) in [6.07, 6.45) is -4.44. The highest BCUT2D eigenvalue weighted by Gasteiger charge is 2.30. The molecular weight excluding hydrogens is 377 g/mol. The highest BCUT2D eigenvalue weighted by Crippen LogP contribution is 2.29. The van der Waals surface area contributed by atoms with Crippen molar-refractivity contribution in [3.05, 3.63) is 70.8 Å². The third-order valence-electron chi connectivity index (χ3n) is 4.15. The summed E-state index contributed by atoms with van der Waals surface area (Å²) in [7, 11) is 0. The molecule has 28 heavy (non-hydrogen) atoms. The Morgan fingerprint density at radius 1 is 1.07 bits per heavy atom. The number of amides is 3. The fourth-order valence-corrected chi connectivity index (χ4v) is 2.66. The summed E-state index contributed by atoms with van der Waals surface area (Å²) < 4.78 is 42.9. The van der Waals surface area contributed by atoms with Gasteiger partial charge in [0.2, 0.25) is 5.91 Å². The summed E-state index contributed by atoms with van der Waals surface area (Å²) in [5.41, 5.74) is 0.196. The lowest BCUT2D eigenvalue weighted by Gasteiger charge is -2.15. The number of hydrogen-bond donors (Lipinski definition) is 1. The topological polar surface area (TPSA) is 75.7 Å². The summed E-state index contributed by atoms with van der Waals surface area (Å²) in [5, 5.41) is 2.39. The van der Waals surface area contributed by atoms with Crippen LogP contribution in [0.1, 0.15) is 27.0 Å². The highest BCUT2D eigenvalue weighted by atomic mass is 19.4. The van der Waals surface area contributed by atoms with E-state index in [0.717, 1.165) is 17.0 Å². The van der Waals surface area contributed by atoms with Crippen LogP contribution in [0.2, 0.25) is 0 Å². The lowest BCUT2D eigenvalue weighted by Crippen LogP contribution is -2.31. The number of nitrogens with zero attached hydrogens (tertiary/aromatic N) is 1. The molecule has 1 saturated heterocycles. The Balaban J connectivity index is 1.68. The number of imide groups is 1. The fourth-order valence-electron chi connectivity index (χ4n) is 2.66. The Hall–Kier alpha value is -3.36. The van der Waals surface area contributed by atoms with E-state index in [9.17, 15) is 27.6 Å². The SMILES string of the molecule is O=C(OCc1ccc(C(F)(F)F)cc1)c1ccccc1CN1C(=O)CNC1=O. The minimum Gasteiger partial charge on any atom is -0.457 e. The molecule has 1 heterocycles. The number of nitrogens with one attached hydrogen (secondary N) is 1. The number of rotatable bonds is 5. The van der Waals surface area contributed by atoms with E-state index in [1.807, 2.05) is 0 Å². The quantitative estimate of drug-likeness (QED) is 0.627. The van der Waals surface area contributed by atoms with Crippen molar-refractivity contribution in [1.82, 2.24) is 10.2 Å². The largest absolute Gasteiger partial charge is 0.457 e. The molecule has 1 fully saturated rings.